The molecule has 2 heterocycles. The summed E-state index contributed by atoms with van der Waals surface area (Å²) in [4.78, 5) is 33.4. The monoisotopic (exact) mass is 517 g/mol. The van der Waals surface area contributed by atoms with Gasteiger partial charge in [0, 0.05) is 50.8 Å². The molecule has 9 nitrogen and oxygen atoms in total. The Morgan fingerprint density at radius 1 is 0.947 bits per heavy atom. The third-order valence-corrected chi connectivity index (χ3v) is 6.54. The molecule has 1 atom stereocenters. The van der Waals surface area contributed by atoms with Crippen molar-refractivity contribution in [1.82, 2.24) is 14.8 Å². The summed E-state index contributed by atoms with van der Waals surface area (Å²) in [5.41, 5.74) is 3.97. The number of benzene rings is 2. The number of aliphatic hydroxyl groups excluding tert-OH is 1. The summed E-state index contributed by atoms with van der Waals surface area (Å²) in [6.45, 7) is 7.89. The van der Waals surface area contributed by atoms with E-state index in [1.165, 1.54) is 6.20 Å². The van der Waals surface area contributed by atoms with Gasteiger partial charge in [-0.25, -0.2) is 0 Å². The maximum atomic E-state index is 12.6. The summed E-state index contributed by atoms with van der Waals surface area (Å²) < 4.78 is 5.86. The summed E-state index contributed by atoms with van der Waals surface area (Å²) in [6, 6.07) is 16.5. The fraction of sp³-hybridized carbons (Fsp3) is 0.345. The minimum Gasteiger partial charge on any atom is -0.489 e. The lowest BCUT2D eigenvalue weighted by Crippen LogP contribution is -2.50. The molecule has 0 saturated carbocycles. The van der Waals surface area contributed by atoms with Gasteiger partial charge >= 0.3 is 0 Å². The average molecular weight is 518 g/mol. The summed E-state index contributed by atoms with van der Waals surface area (Å²) >= 11 is 0. The fourth-order valence-corrected chi connectivity index (χ4v) is 4.45. The van der Waals surface area contributed by atoms with Crippen molar-refractivity contribution < 1.29 is 19.4 Å². The zero-order valence-electron chi connectivity index (χ0n) is 21.9. The number of aromatic nitrogens is 1. The second kappa shape index (κ2) is 13.1. The van der Waals surface area contributed by atoms with E-state index in [1.54, 1.807) is 30.5 Å². The highest BCUT2D eigenvalue weighted by Gasteiger charge is 2.22. The second-order valence-electron chi connectivity index (χ2n) is 9.55. The van der Waals surface area contributed by atoms with Crippen LogP contribution < -0.4 is 15.4 Å². The molecule has 1 aliphatic rings. The van der Waals surface area contributed by atoms with Crippen LogP contribution in [-0.2, 0) is 4.79 Å². The lowest BCUT2D eigenvalue weighted by Gasteiger charge is -2.35. The van der Waals surface area contributed by atoms with Gasteiger partial charge < -0.3 is 20.5 Å². The largest absolute Gasteiger partial charge is 0.489 e. The quantitative estimate of drug-likeness (QED) is 0.380. The normalized spacial score (nSPS) is 15.0. The fourth-order valence-electron chi connectivity index (χ4n) is 4.45. The predicted octanol–water partition coefficient (Wildman–Crippen LogP) is 2.95. The molecule has 1 aliphatic heterocycles. The number of para-hydroxylation sites is 3. The number of nitrogens with one attached hydrogen (secondary N) is 2. The van der Waals surface area contributed by atoms with Gasteiger partial charge in [0.05, 0.1) is 17.8 Å². The first-order valence-corrected chi connectivity index (χ1v) is 12.8. The van der Waals surface area contributed by atoms with Crippen LogP contribution in [0.1, 0.15) is 21.5 Å². The predicted molar refractivity (Wildman–Crippen MR) is 148 cm³/mol. The Morgan fingerprint density at radius 3 is 2.37 bits per heavy atom. The molecule has 0 spiro atoms. The molecule has 0 radical (unpaired) electrons. The number of rotatable bonds is 10. The van der Waals surface area contributed by atoms with Crippen LogP contribution in [0.5, 0.6) is 5.75 Å². The molecule has 1 aromatic heterocycles. The van der Waals surface area contributed by atoms with E-state index in [4.69, 9.17) is 4.74 Å². The molecule has 1 unspecified atom stereocenters. The topological polar surface area (TPSA) is 107 Å². The molecule has 1 saturated heterocycles. The Balaban J connectivity index is 1.20. The number of hydrogen-bond donors (Lipinski definition) is 3. The highest BCUT2D eigenvalue weighted by Crippen LogP contribution is 2.24. The number of ether oxygens (including phenoxy) is 1. The first-order valence-electron chi connectivity index (χ1n) is 12.8. The molecule has 0 aliphatic carbocycles. The minimum absolute atomic E-state index is 0.0152. The van der Waals surface area contributed by atoms with Gasteiger partial charge in [0.1, 0.15) is 18.5 Å². The van der Waals surface area contributed by atoms with Gasteiger partial charge in [0.2, 0.25) is 5.91 Å². The minimum atomic E-state index is -0.698. The lowest BCUT2D eigenvalue weighted by molar-refractivity contribution is -0.117. The number of nitrogens with zero attached hydrogens (tertiary/aromatic N) is 3. The number of carbonyl (C=O) groups excluding carboxylic acids is 2. The highest BCUT2D eigenvalue weighted by atomic mass is 16.5. The maximum absolute atomic E-state index is 12.6. The van der Waals surface area contributed by atoms with Crippen LogP contribution in [0.15, 0.2) is 67.0 Å². The third-order valence-electron chi connectivity index (χ3n) is 6.54. The molecular formula is C29H35N5O4. The van der Waals surface area contributed by atoms with E-state index < -0.39 is 6.10 Å². The summed E-state index contributed by atoms with van der Waals surface area (Å²) in [6.07, 6.45) is 2.41. The smallest absolute Gasteiger partial charge is 0.257 e. The highest BCUT2D eigenvalue weighted by molar-refractivity contribution is 6.04. The molecular weight excluding hydrogens is 482 g/mol. The van der Waals surface area contributed by atoms with Gasteiger partial charge in [0.15, 0.2) is 0 Å². The van der Waals surface area contributed by atoms with Crippen LogP contribution in [0, 0.1) is 13.8 Å². The molecule has 3 aromatic rings. The van der Waals surface area contributed by atoms with Gasteiger partial charge in [0.25, 0.3) is 5.91 Å². The number of pyridine rings is 1. The first kappa shape index (κ1) is 27.3. The van der Waals surface area contributed by atoms with Gasteiger partial charge in [-0.3, -0.25) is 24.4 Å². The SMILES string of the molecule is Cc1cccc(C)c1NC(=O)CN1CCN(CC(O)COc2ccccc2NC(=O)c2cccnc2)CC1. The van der Waals surface area contributed by atoms with E-state index in [-0.39, 0.29) is 18.4 Å². The molecule has 200 valence electrons. The van der Waals surface area contributed by atoms with Crippen LogP contribution in [0.4, 0.5) is 11.4 Å². The number of piperazine rings is 1. The van der Waals surface area contributed by atoms with Gasteiger partial charge in [-0.15, -0.1) is 0 Å². The first-order chi connectivity index (χ1) is 18.4. The van der Waals surface area contributed by atoms with Gasteiger partial charge in [-0.05, 0) is 49.2 Å². The molecule has 1 fully saturated rings. The maximum Gasteiger partial charge on any atom is 0.257 e. The third kappa shape index (κ3) is 7.61. The molecule has 2 amide bonds. The Morgan fingerprint density at radius 2 is 1.66 bits per heavy atom. The van der Waals surface area contributed by atoms with E-state index in [0.29, 0.717) is 30.1 Å². The lowest BCUT2D eigenvalue weighted by atomic mass is 10.1. The standard InChI is InChI=1S/C29H35N5O4/c1-21-7-5-8-22(2)28(21)32-27(36)19-34-15-13-33(14-16-34)18-24(35)20-38-26-11-4-3-10-25(26)31-29(37)23-9-6-12-30-17-23/h3-12,17,24,35H,13-16,18-20H2,1-2H3,(H,31,37)(H,32,36). The number of β-amino-alcohol motifs (C(OH)–C–C–N with tert-alkyl or cyclic N) is 1. The Hall–Kier alpha value is -3.79. The zero-order valence-corrected chi connectivity index (χ0v) is 21.9. The number of amides is 2. The molecule has 2 aromatic carbocycles. The van der Waals surface area contributed by atoms with Crippen molar-refractivity contribution in [2.45, 2.75) is 20.0 Å². The number of aliphatic hydroxyl groups is 1. The Kier molecular flexibility index (Phi) is 9.42. The molecule has 9 heteroatoms. The summed E-state index contributed by atoms with van der Waals surface area (Å²) in [5.74, 6) is 0.192. The average Bonchev–Trinajstić information content (AvgIpc) is 2.92. The van der Waals surface area contributed by atoms with Crippen molar-refractivity contribution in [3.8, 4) is 5.75 Å². The summed E-state index contributed by atoms with van der Waals surface area (Å²) in [5, 5.41) is 16.5. The van der Waals surface area contributed by atoms with Crippen LogP contribution in [-0.4, -0.2) is 83.7 Å². The van der Waals surface area contributed by atoms with E-state index in [2.05, 4.69) is 25.4 Å². The molecule has 3 N–H and O–H groups in total. The molecule has 4 rings (SSSR count). The number of aryl methyl sites for hydroxylation is 2. The number of hydrogen-bond acceptors (Lipinski definition) is 7. The van der Waals surface area contributed by atoms with Crippen molar-refractivity contribution in [2.75, 3.05) is 56.5 Å². The van der Waals surface area contributed by atoms with Crippen LogP contribution in [0.2, 0.25) is 0 Å². The zero-order chi connectivity index (χ0) is 26.9. The Labute approximate surface area is 223 Å². The second-order valence-corrected chi connectivity index (χ2v) is 9.55. The Bertz CT molecular complexity index is 1210. The molecule has 0 bridgehead atoms. The van der Waals surface area contributed by atoms with Crippen molar-refractivity contribution in [3.05, 3.63) is 83.7 Å². The van der Waals surface area contributed by atoms with Crippen LogP contribution in [0.3, 0.4) is 0 Å². The van der Waals surface area contributed by atoms with Gasteiger partial charge in [-0.1, -0.05) is 30.3 Å². The number of carbonyl (C=O) groups is 2. The van der Waals surface area contributed by atoms with Crippen molar-refractivity contribution in [2.24, 2.45) is 0 Å². The van der Waals surface area contributed by atoms with E-state index in [9.17, 15) is 14.7 Å². The number of anilines is 2. The van der Waals surface area contributed by atoms with Crippen molar-refractivity contribution in [1.29, 1.82) is 0 Å². The molecule has 38 heavy (non-hydrogen) atoms. The van der Waals surface area contributed by atoms with E-state index in [0.717, 1.165) is 43.0 Å². The van der Waals surface area contributed by atoms with E-state index in [1.807, 2.05) is 44.2 Å². The van der Waals surface area contributed by atoms with Crippen molar-refractivity contribution in [3.63, 3.8) is 0 Å². The van der Waals surface area contributed by atoms with Gasteiger partial charge in [-0.2, -0.15) is 0 Å². The van der Waals surface area contributed by atoms with Crippen LogP contribution in [0.25, 0.3) is 0 Å². The summed E-state index contributed by atoms with van der Waals surface area (Å²) in [7, 11) is 0. The van der Waals surface area contributed by atoms with Crippen molar-refractivity contribution >= 4 is 23.2 Å². The van der Waals surface area contributed by atoms with E-state index >= 15 is 0 Å². The van der Waals surface area contributed by atoms with Crippen LogP contribution >= 0.6 is 0 Å².